The van der Waals surface area contributed by atoms with Crippen molar-refractivity contribution < 1.29 is 14.4 Å². The molecule has 0 heterocycles. The van der Waals surface area contributed by atoms with E-state index < -0.39 is 6.04 Å². The highest BCUT2D eigenvalue weighted by molar-refractivity contribution is 6.33. The van der Waals surface area contributed by atoms with Crippen LogP contribution in [-0.2, 0) is 4.79 Å². The fraction of sp³-hybridized carbons (Fsp3) is 0.276. The van der Waals surface area contributed by atoms with Gasteiger partial charge in [-0.1, -0.05) is 67.9 Å². The van der Waals surface area contributed by atoms with E-state index in [1.54, 1.807) is 48.5 Å². The molecule has 3 N–H and O–H groups in total. The second-order valence-electron chi connectivity index (χ2n) is 8.53. The van der Waals surface area contributed by atoms with Crippen LogP contribution in [0.3, 0.4) is 0 Å². The normalized spacial score (nSPS) is 11.6. The van der Waals surface area contributed by atoms with Crippen LogP contribution in [0.15, 0.2) is 78.9 Å². The Hall–Kier alpha value is -3.68. The van der Waals surface area contributed by atoms with E-state index in [1.165, 1.54) is 0 Å². The molecule has 0 saturated carbocycles. The van der Waals surface area contributed by atoms with Gasteiger partial charge in [0, 0.05) is 24.3 Å². The highest BCUT2D eigenvalue weighted by Gasteiger charge is 2.20. The van der Waals surface area contributed by atoms with Gasteiger partial charge in [-0.2, -0.15) is 0 Å². The molecule has 0 radical (unpaired) electrons. The number of anilines is 1. The van der Waals surface area contributed by atoms with E-state index in [4.69, 9.17) is 11.6 Å². The summed E-state index contributed by atoms with van der Waals surface area (Å²) in [4.78, 5) is 40.4. The first kappa shape index (κ1) is 27.9. The molecule has 0 aliphatic rings. The maximum absolute atomic E-state index is 12.9. The molecule has 0 saturated heterocycles. The first-order valence-electron chi connectivity index (χ1n) is 12.4. The van der Waals surface area contributed by atoms with Crippen LogP contribution < -0.4 is 16.0 Å². The molecule has 3 aromatic rings. The van der Waals surface area contributed by atoms with Gasteiger partial charge in [0.15, 0.2) is 0 Å². The topological polar surface area (TPSA) is 90.5 Å². The summed E-state index contributed by atoms with van der Waals surface area (Å²) in [6.45, 7) is 7.42. The van der Waals surface area contributed by atoms with Crippen molar-refractivity contribution in [3.05, 3.63) is 101 Å². The summed E-state index contributed by atoms with van der Waals surface area (Å²) < 4.78 is 0. The Morgan fingerprint density at radius 3 is 2.14 bits per heavy atom. The Morgan fingerprint density at radius 1 is 0.838 bits per heavy atom. The predicted octanol–water partition coefficient (Wildman–Crippen LogP) is 4.91. The molecule has 0 aliphatic carbocycles. The van der Waals surface area contributed by atoms with Crippen LogP contribution in [0, 0.1) is 0 Å². The van der Waals surface area contributed by atoms with E-state index in [0.29, 0.717) is 28.4 Å². The zero-order chi connectivity index (χ0) is 26.6. The summed E-state index contributed by atoms with van der Waals surface area (Å²) in [6.07, 6.45) is 0.0216. The minimum atomic E-state index is -0.555. The van der Waals surface area contributed by atoms with Gasteiger partial charge < -0.3 is 20.9 Å². The lowest BCUT2D eigenvalue weighted by Gasteiger charge is -2.19. The van der Waals surface area contributed by atoms with Gasteiger partial charge in [0.25, 0.3) is 11.8 Å². The van der Waals surface area contributed by atoms with Gasteiger partial charge in [-0.3, -0.25) is 14.4 Å². The third-order valence-corrected chi connectivity index (χ3v) is 6.38. The molecule has 7 nitrogen and oxygen atoms in total. The minimum Gasteiger partial charge on any atom is -0.351 e. The Balaban J connectivity index is 1.60. The number of likely N-dealkylation sites (N-methyl/N-ethyl adjacent to an activating group) is 1. The number of hydrogen-bond donors (Lipinski definition) is 3. The number of benzene rings is 3. The third-order valence-electron chi connectivity index (χ3n) is 6.05. The molecule has 0 fully saturated rings. The van der Waals surface area contributed by atoms with Crippen molar-refractivity contribution in [2.24, 2.45) is 0 Å². The van der Waals surface area contributed by atoms with E-state index in [2.05, 4.69) is 34.7 Å². The van der Waals surface area contributed by atoms with Gasteiger partial charge in [0.1, 0.15) is 0 Å². The van der Waals surface area contributed by atoms with Gasteiger partial charge in [-0.15, -0.1) is 0 Å². The molecule has 0 aromatic heterocycles. The number of halogens is 1. The Kier molecular flexibility index (Phi) is 10.7. The molecule has 3 amide bonds. The number of carbonyl (C=O) groups is 3. The molecule has 8 heteroatoms. The van der Waals surface area contributed by atoms with Gasteiger partial charge in [0.2, 0.25) is 5.91 Å². The van der Waals surface area contributed by atoms with E-state index in [1.807, 2.05) is 30.3 Å². The van der Waals surface area contributed by atoms with Crippen LogP contribution in [-0.4, -0.2) is 48.8 Å². The fourth-order valence-electron chi connectivity index (χ4n) is 3.89. The van der Waals surface area contributed by atoms with Gasteiger partial charge >= 0.3 is 0 Å². The van der Waals surface area contributed by atoms with Crippen molar-refractivity contribution >= 4 is 35.0 Å². The highest BCUT2D eigenvalue weighted by Crippen LogP contribution is 2.21. The van der Waals surface area contributed by atoms with Crippen molar-refractivity contribution in [2.75, 3.05) is 31.5 Å². The van der Waals surface area contributed by atoms with Crippen LogP contribution in [0.25, 0.3) is 0 Å². The maximum Gasteiger partial charge on any atom is 0.253 e. The van der Waals surface area contributed by atoms with Crippen molar-refractivity contribution in [2.45, 2.75) is 26.3 Å². The average molecular weight is 521 g/mol. The first-order valence-corrected chi connectivity index (χ1v) is 12.8. The summed E-state index contributed by atoms with van der Waals surface area (Å²) in [7, 11) is 0. The van der Waals surface area contributed by atoms with Crippen LogP contribution in [0.2, 0.25) is 5.02 Å². The zero-order valence-corrected chi connectivity index (χ0v) is 21.9. The van der Waals surface area contributed by atoms with Crippen LogP contribution in [0.1, 0.15) is 52.6 Å². The second-order valence-corrected chi connectivity index (χ2v) is 8.94. The van der Waals surface area contributed by atoms with E-state index in [0.717, 1.165) is 25.2 Å². The predicted molar refractivity (Wildman–Crippen MR) is 148 cm³/mol. The lowest BCUT2D eigenvalue weighted by Crippen LogP contribution is -2.34. The first-order chi connectivity index (χ1) is 17.9. The lowest BCUT2D eigenvalue weighted by molar-refractivity contribution is -0.116. The molecular formula is C29H33ClN4O3. The molecule has 1 atom stereocenters. The molecule has 3 aromatic carbocycles. The minimum absolute atomic E-state index is 0.0216. The summed E-state index contributed by atoms with van der Waals surface area (Å²) in [5.41, 5.74) is 2.23. The third kappa shape index (κ3) is 8.44. The van der Waals surface area contributed by atoms with Crippen LogP contribution in [0.5, 0.6) is 0 Å². The quantitative estimate of drug-likeness (QED) is 0.316. The number of nitrogens with zero attached hydrogens (tertiary/aromatic N) is 1. The van der Waals surface area contributed by atoms with E-state index in [9.17, 15) is 14.4 Å². The number of rotatable bonds is 12. The molecule has 194 valence electrons. The van der Waals surface area contributed by atoms with Crippen molar-refractivity contribution in [3.8, 4) is 0 Å². The zero-order valence-electron chi connectivity index (χ0n) is 21.2. The fourth-order valence-corrected chi connectivity index (χ4v) is 4.11. The van der Waals surface area contributed by atoms with Crippen molar-refractivity contribution in [1.29, 1.82) is 0 Å². The summed E-state index contributed by atoms with van der Waals surface area (Å²) in [5, 5.41) is 9.04. The Labute approximate surface area is 223 Å². The number of carbonyl (C=O) groups excluding carboxylic acids is 3. The molecule has 0 aliphatic heterocycles. The summed E-state index contributed by atoms with van der Waals surface area (Å²) >= 11 is 6.18. The summed E-state index contributed by atoms with van der Waals surface area (Å²) in [6, 6.07) is 22.3. The maximum atomic E-state index is 12.9. The molecule has 37 heavy (non-hydrogen) atoms. The number of hydrogen-bond acceptors (Lipinski definition) is 4. The van der Waals surface area contributed by atoms with E-state index >= 15 is 0 Å². The van der Waals surface area contributed by atoms with E-state index in [-0.39, 0.29) is 24.1 Å². The average Bonchev–Trinajstić information content (AvgIpc) is 2.91. The van der Waals surface area contributed by atoms with Gasteiger partial charge in [0.05, 0.1) is 23.0 Å². The van der Waals surface area contributed by atoms with Crippen molar-refractivity contribution in [3.63, 3.8) is 0 Å². The molecule has 0 spiro atoms. The highest BCUT2D eigenvalue weighted by atomic mass is 35.5. The van der Waals surface area contributed by atoms with Crippen LogP contribution in [0.4, 0.5) is 5.69 Å². The standard InChI is InChI=1S/C29H33ClN4O3/c1-3-34(4-2)19-18-31-28(36)22-14-16-23(17-15-22)32-27(35)20-26(21-10-6-5-7-11-21)33-29(37)24-12-8-9-13-25(24)30/h5-17,26H,3-4,18-20H2,1-2H3,(H,31,36)(H,32,35)(H,33,37)/t26-/m0/s1. The molecule has 0 unspecified atom stereocenters. The number of nitrogens with one attached hydrogen (secondary N) is 3. The molecule has 0 bridgehead atoms. The monoisotopic (exact) mass is 520 g/mol. The Morgan fingerprint density at radius 2 is 1.49 bits per heavy atom. The van der Waals surface area contributed by atoms with Gasteiger partial charge in [-0.05, 0) is 55.1 Å². The largest absolute Gasteiger partial charge is 0.351 e. The second kappa shape index (κ2) is 14.2. The summed E-state index contributed by atoms with van der Waals surface area (Å²) in [5.74, 6) is -0.787. The van der Waals surface area contributed by atoms with Gasteiger partial charge in [-0.25, -0.2) is 0 Å². The van der Waals surface area contributed by atoms with Crippen molar-refractivity contribution in [1.82, 2.24) is 15.5 Å². The smallest absolute Gasteiger partial charge is 0.253 e. The van der Waals surface area contributed by atoms with Crippen LogP contribution >= 0.6 is 11.6 Å². The molecule has 3 rings (SSSR count). The lowest BCUT2D eigenvalue weighted by atomic mass is 10.0. The molecular weight excluding hydrogens is 488 g/mol. The number of amides is 3. The SMILES string of the molecule is CCN(CC)CCNC(=O)c1ccc(NC(=O)C[C@H](NC(=O)c2ccccc2Cl)c2ccccc2)cc1. The Bertz CT molecular complexity index is 1180.